The quantitative estimate of drug-likeness (QED) is 0.825. The second-order valence-electron chi connectivity index (χ2n) is 7.84. The summed E-state index contributed by atoms with van der Waals surface area (Å²) in [5.41, 5.74) is 0.722. The molecule has 0 aliphatic carbocycles. The Morgan fingerprint density at radius 2 is 1.92 bits per heavy atom. The largest absolute Gasteiger partial charge is 0.444 e. The zero-order chi connectivity index (χ0) is 18.0. The Kier molecular flexibility index (Phi) is 4.97. The standard InChI is InChI=1S/C19H27N3O3/c1-19(2,3)25-18(24)21-11-8-14(9-12-21)15-6-7-16(20-13-15)22-10-4-5-17(22)23/h6-7,13-14H,4-5,8-12H2,1-3H3. The van der Waals surface area contributed by atoms with Crippen molar-refractivity contribution in [3.8, 4) is 0 Å². The second-order valence-corrected chi connectivity index (χ2v) is 7.84. The zero-order valence-corrected chi connectivity index (χ0v) is 15.3. The van der Waals surface area contributed by atoms with Crippen LogP contribution in [0.15, 0.2) is 18.3 Å². The van der Waals surface area contributed by atoms with Gasteiger partial charge < -0.3 is 9.64 Å². The lowest BCUT2D eigenvalue weighted by molar-refractivity contribution is -0.117. The molecule has 136 valence electrons. The Morgan fingerprint density at radius 1 is 1.20 bits per heavy atom. The Hall–Kier alpha value is -2.11. The maximum Gasteiger partial charge on any atom is 0.410 e. The topological polar surface area (TPSA) is 62.7 Å². The van der Waals surface area contributed by atoms with Crippen LogP contribution in [0.4, 0.5) is 10.6 Å². The number of hydrogen-bond acceptors (Lipinski definition) is 4. The Labute approximate surface area is 149 Å². The lowest BCUT2D eigenvalue weighted by atomic mass is 9.90. The molecule has 2 fully saturated rings. The summed E-state index contributed by atoms with van der Waals surface area (Å²) in [4.78, 5) is 32.0. The van der Waals surface area contributed by atoms with Gasteiger partial charge in [-0.3, -0.25) is 9.69 Å². The van der Waals surface area contributed by atoms with Crippen LogP contribution in [0.2, 0.25) is 0 Å². The average molecular weight is 345 g/mol. The van der Waals surface area contributed by atoms with Crippen LogP contribution in [0.3, 0.4) is 0 Å². The summed E-state index contributed by atoms with van der Waals surface area (Å²) >= 11 is 0. The third-order valence-corrected chi connectivity index (χ3v) is 4.74. The SMILES string of the molecule is CC(C)(C)OC(=O)N1CCC(c2ccc(N3CCCC3=O)nc2)CC1. The number of carbonyl (C=O) groups is 2. The minimum absolute atomic E-state index is 0.158. The predicted molar refractivity (Wildman–Crippen MR) is 95.6 cm³/mol. The van der Waals surface area contributed by atoms with Gasteiger partial charge >= 0.3 is 6.09 Å². The number of ether oxygens (including phenoxy) is 1. The van der Waals surface area contributed by atoms with Crippen molar-refractivity contribution in [2.45, 2.75) is 58.0 Å². The smallest absolute Gasteiger partial charge is 0.410 e. The van der Waals surface area contributed by atoms with Gasteiger partial charge in [-0.15, -0.1) is 0 Å². The summed E-state index contributed by atoms with van der Waals surface area (Å²) in [5, 5.41) is 0. The zero-order valence-electron chi connectivity index (χ0n) is 15.3. The van der Waals surface area contributed by atoms with Crippen LogP contribution in [-0.4, -0.2) is 47.1 Å². The first-order valence-electron chi connectivity index (χ1n) is 9.08. The van der Waals surface area contributed by atoms with Gasteiger partial charge in [0, 0.05) is 32.3 Å². The molecule has 25 heavy (non-hydrogen) atoms. The minimum Gasteiger partial charge on any atom is -0.444 e. The number of carbonyl (C=O) groups excluding carboxylic acids is 2. The van der Waals surface area contributed by atoms with Crippen molar-refractivity contribution in [3.63, 3.8) is 0 Å². The van der Waals surface area contributed by atoms with Crippen molar-refractivity contribution >= 4 is 17.8 Å². The molecule has 0 radical (unpaired) electrons. The number of rotatable bonds is 2. The summed E-state index contributed by atoms with van der Waals surface area (Å²) in [5.74, 6) is 1.30. The number of amides is 2. The highest BCUT2D eigenvalue weighted by Crippen LogP contribution is 2.29. The fourth-order valence-corrected chi connectivity index (χ4v) is 3.41. The van der Waals surface area contributed by atoms with Gasteiger partial charge in [0.15, 0.2) is 0 Å². The maximum atomic E-state index is 12.1. The monoisotopic (exact) mass is 345 g/mol. The molecule has 6 nitrogen and oxygen atoms in total. The summed E-state index contributed by atoms with van der Waals surface area (Å²) in [6, 6.07) is 4.01. The summed E-state index contributed by atoms with van der Waals surface area (Å²) in [6.07, 6.45) is 4.99. The summed E-state index contributed by atoms with van der Waals surface area (Å²) < 4.78 is 5.44. The molecule has 0 aromatic carbocycles. The van der Waals surface area contributed by atoms with Crippen LogP contribution in [0.25, 0.3) is 0 Å². The Bertz CT molecular complexity index is 628. The molecule has 2 aliphatic rings. The van der Waals surface area contributed by atoms with E-state index < -0.39 is 5.60 Å². The number of pyridine rings is 1. The van der Waals surface area contributed by atoms with Crippen molar-refractivity contribution in [2.75, 3.05) is 24.5 Å². The summed E-state index contributed by atoms with van der Waals surface area (Å²) in [6.45, 7) is 7.82. The van der Waals surface area contributed by atoms with Gasteiger partial charge in [0.2, 0.25) is 5.91 Å². The number of hydrogen-bond donors (Lipinski definition) is 0. The molecule has 0 unspecified atom stereocenters. The van der Waals surface area contributed by atoms with Crippen LogP contribution in [-0.2, 0) is 9.53 Å². The molecule has 2 aliphatic heterocycles. The number of nitrogens with zero attached hydrogens (tertiary/aromatic N) is 3. The lowest BCUT2D eigenvalue weighted by Crippen LogP contribution is -2.41. The van der Waals surface area contributed by atoms with E-state index in [1.165, 1.54) is 5.56 Å². The van der Waals surface area contributed by atoms with E-state index in [0.717, 1.165) is 31.6 Å². The van der Waals surface area contributed by atoms with Gasteiger partial charge in [-0.1, -0.05) is 6.07 Å². The third-order valence-electron chi connectivity index (χ3n) is 4.74. The number of anilines is 1. The molecule has 3 heterocycles. The van der Waals surface area contributed by atoms with Crippen molar-refractivity contribution in [2.24, 2.45) is 0 Å². The van der Waals surface area contributed by atoms with Crippen LogP contribution >= 0.6 is 0 Å². The van der Waals surface area contributed by atoms with Crippen LogP contribution in [0.5, 0.6) is 0 Å². The van der Waals surface area contributed by atoms with Gasteiger partial charge in [0.05, 0.1) is 0 Å². The molecule has 2 saturated heterocycles. The van der Waals surface area contributed by atoms with Gasteiger partial charge in [0.1, 0.15) is 11.4 Å². The maximum absolute atomic E-state index is 12.1. The minimum atomic E-state index is -0.458. The van der Waals surface area contributed by atoms with Crippen molar-refractivity contribution in [1.29, 1.82) is 0 Å². The normalized spacial score (nSPS) is 19.4. The second kappa shape index (κ2) is 7.02. The summed E-state index contributed by atoms with van der Waals surface area (Å²) in [7, 11) is 0. The van der Waals surface area contributed by atoms with Crippen LogP contribution in [0, 0.1) is 0 Å². The van der Waals surface area contributed by atoms with E-state index in [2.05, 4.69) is 11.1 Å². The molecular weight excluding hydrogens is 318 g/mol. The molecule has 1 aromatic rings. The van der Waals surface area contributed by atoms with Crippen LogP contribution in [0.1, 0.15) is 57.9 Å². The van der Waals surface area contributed by atoms with E-state index >= 15 is 0 Å². The van der Waals surface area contributed by atoms with Gasteiger partial charge in [-0.25, -0.2) is 9.78 Å². The Balaban J connectivity index is 1.56. The van der Waals surface area contributed by atoms with Crippen molar-refractivity contribution in [3.05, 3.63) is 23.9 Å². The highest BCUT2D eigenvalue weighted by atomic mass is 16.6. The highest BCUT2D eigenvalue weighted by molar-refractivity contribution is 5.94. The van der Waals surface area contributed by atoms with E-state index in [4.69, 9.17) is 4.74 Å². The predicted octanol–water partition coefficient (Wildman–Crippen LogP) is 3.32. The van der Waals surface area contributed by atoms with Crippen molar-refractivity contribution in [1.82, 2.24) is 9.88 Å². The van der Waals surface area contributed by atoms with E-state index in [0.29, 0.717) is 25.4 Å². The first-order valence-corrected chi connectivity index (χ1v) is 9.08. The Morgan fingerprint density at radius 3 is 2.44 bits per heavy atom. The molecule has 0 N–H and O–H groups in total. The highest BCUT2D eigenvalue weighted by Gasteiger charge is 2.28. The molecule has 3 rings (SSSR count). The third kappa shape index (κ3) is 4.30. The molecule has 0 atom stereocenters. The molecule has 0 saturated carbocycles. The van der Waals surface area contributed by atoms with Crippen LogP contribution < -0.4 is 4.90 Å². The van der Waals surface area contributed by atoms with Crippen molar-refractivity contribution < 1.29 is 14.3 Å². The molecule has 0 bridgehead atoms. The fourth-order valence-electron chi connectivity index (χ4n) is 3.41. The number of piperidine rings is 1. The number of likely N-dealkylation sites (tertiary alicyclic amines) is 1. The van der Waals surface area contributed by atoms with E-state index in [9.17, 15) is 9.59 Å². The van der Waals surface area contributed by atoms with E-state index in [1.54, 1.807) is 9.80 Å². The molecule has 2 amide bonds. The van der Waals surface area contributed by atoms with E-state index in [-0.39, 0.29) is 12.0 Å². The number of aromatic nitrogens is 1. The lowest BCUT2D eigenvalue weighted by Gasteiger charge is -2.33. The average Bonchev–Trinajstić information content (AvgIpc) is 3.00. The van der Waals surface area contributed by atoms with E-state index in [1.807, 2.05) is 33.0 Å². The first kappa shape index (κ1) is 17.7. The van der Waals surface area contributed by atoms with Gasteiger partial charge in [-0.05, 0) is 57.6 Å². The molecule has 1 aromatic heterocycles. The van der Waals surface area contributed by atoms with Gasteiger partial charge in [-0.2, -0.15) is 0 Å². The fraction of sp³-hybridized carbons (Fsp3) is 0.632. The molecule has 0 spiro atoms. The molecule has 6 heteroatoms. The van der Waals surface area contributed by atoms with Gasteiger partial charge in [0.25, 0.3) is 0 Å². The first-order chi connectivity index (χ1) is 11.8. The molecular formula is C19H27N3O3.